The second-order valence-electron chi connectivity index (χ2n) is 12.1. The van der Waals surface area contributed by atoms with Crippen LogP contribution in [0.5, 0.6) is 0 Å². The van der Waals surface area contributed by atoms with Crippen molar-refractivity contribution in [3.8, 4) is 0 Å². The highest BCUT2D eigenvalue weighted by Crippen LogP contribution is 2.18. The number of nitrogens with one attached hydrogen (secondary N) is 6. The van der Waals surface area contributed by atoms with Crippen LogP contribution in [0.3, 0.4) is 0 Å². The number of hydrogen-bond donors (Lipinski definition) is 12. The third kappa shape index (κ3) is 15.9. The summed E-state index contributed by atoms with van der Waals surface area (Å²) < 4.78 is 0. The van der Waals surface area contributed by atoms with Gasteiger partial charge < -0.3 is 57.9 Å². The Morgan fingerprint density at radius 2 is 1.40 bits per heavy atom. The first kappa shape index (κ1) is 46.4. The molecule has 298 valence electrons. The molecule has 21 nitrogen and oxygen atoms in total. The van der Waals surface area contributed by atoms with Gasteiger partial charge in [0, 0.05) is 24.5 Å². The summed E-state index contributed by atoms with van der Waals surface area (Å²) >= 11 is 7.74. The molecule has 0 aromatic carbocycles. The molecule has 0 spiro atoms. The summed E-state index contributed by atoms with van der Waals surface area (Å²) in [5, 5.41) is 41.3. The van der Waals surface area contributed by atoms with Gasteiger partial charge in [-0.25, -0.2) is 4.79 Å². The number of amides is 7. The highest BCUT2D eigenvalue weighted by Gasteiger charge is 2.37. The Kier molecular flexibility index (Phi) is 20.2. The van der Waals surface area contributed by atoms with Crippen LogP contribution in [0, 0.1) is 5.92 Å². The maximum absolute atomic E-state index is 13.2. The Bertz CT molecular complexity index is 1390. The van der Waals surface area contributed by atoms with Crippen molar-refractivity contribution in [3.63, 3.8) is 0 Å². The first-order chi connectivity index (χ1) is 24.9. The van der Waals surface area contributed by atoms with Gasteiger partial charge in [-0.15, -0.1) is 0 Å². The van der Waals surface area contributed by atoms with E-state index in [-0.39, 0.29) is 30.9 Å². The summed E-state index contributed by atoms with van der Waals surface area (Å²) in [7, 11) is 0. The molecule has 1 aliphatic heterocycles. The van der Waals surface area contributed by atoms with E-state index in [0.717, 1.165) is 4.90 Å². The molecule has 1 rings (SSSR count). The molecule has 7 amide bonds. The molecule has 0 unspecified atom stereocenters. The lowest BCUT2D eigenvalue weighted by Gasteiger charge is -2.28. The Labute approximate surface area is 315 Å². The van der Waals surface area contributed by atoms with E-state index in [1.165, 1.54) is 0 Å². The fourth-order valence-corrected chi connectivity index (χ4v) is 5.35. The predicted octanol–water partition coefficient (Wildman–Crippen LogP) is -4.19. The van der Waals surface area contributed by atoms with E-state index in [1.807, 2.05) is 0 Å². The SMILES string of the molecule is CC[C@H](C)[C@H](NC(=O)CNC(=O)[C@@H](CC(=O)O)NC(=O)[C@H](N)CS)C(=O)NCC(=O)N1CCC[C@H]1C(=O)N[C@@H](CCC(=O)O)C(=O)N[C@H](CS)C(=O)O. The van der Waals surface area contributed by atoms with Crippen LogP contribution in [-0.4, -0.2) is 147 Å². The number of rotatable bonds is 23. The van der Waals surface area contributed by atoms with Crippen molar-refractivity contribution in [1.82, 2.24) is 36.8 Å². The van der Waals surface area contributed by atoms with Gasteiger partial charge in [-0.05, 0) is 25.2 Å². The highest BCUT2D eigenvalue weighted by molar-refractivity contribution is 7.80. The summed E-state index contributed by atoms with van der Waals surface area (Å²) in [6.07, 6.45) is -0.785. The van der Waals surface area contributed by atoms with Crippen LogP contribution >= 0.6 is 25.3 Å². The molecular formula is C30H48N8O13S2. The lowest BCUT2D eigenvalue weighted by molar-refractivity contribution is -0.143. The Balaban J connectivity index is 2.91. The number of carbonyl (C=O) groups excluding carboxylic acids is 7. The topological polar surface area (TPSA) is 333 Å². The van der Waals surface area contributed by atoms with Gasteiger partial charge in [0.05, 0.1) is 25.6 Å². The number of carbonyl (C=O) groups is 10. The van der Waals surface area contributed by atoms with Crippen molar-refractivity contribution in [3.05, 3.63) is 0 Å². The zero-order valence-corrected chi connectivity index (χ0v) is 31.0. The van der Waals surface area contributed by atoms with Gasteiger partial charge in [-0.3, -0.25) is 43.2 Å². The molecule has 7 atom stereocenters. The minimum Gasteiger partial charge on any atom is -0.481 e. The van der Waals surface area contributed by atoms with E-state index < -0.39 is 127 Å². The Morgan fingerprint density at radius 1 is 0.774 bits per heavy atom. The van der Waals surface area contributed by atoms with E-state index in [4.69, 9.17) is 15.9 Å². The van der Waals surface area contributed by atoms with E-state index in [9.17, 15) is 53.1 Å². The molecule has 1 heterocycles. The number of hydrogen-bond acceptors (Lipinski definition) is 13. The highest BCUT2D eigenvalue weighted by atomic mass is 32.1. The Morgan fingerprint density at radius 3 is 1.94 bits per heavy atom. The van der Waals surface area contributed by atoms with Crippen LogP contribution in [0.4, 0.5) is 0 Å². The van der Waals surface area contributed by atoms with E-state index in [0.29, 0.717) is 12.8 Å². The molecule has 1 aliphatic rings. The molecule has 23 heteroatoms. The number of aliphatic carboxylic acids is 3. The zero-order chi connectivity index (χ0) is 40.4. The zero-order valence-electron chi connectivity index (χ0n) is 29.2. The van der Waals surface area contributed by atoms with Crippen molar-refractivity contribution < 1.29 is 63.3 Å². The number of carboxylic acid groups (broad SMARTS) is 3. The number of likely N-dealkylation sites (tertiary alicyclic amines) is 1. The minimum absolute atomic E-state index is 0.0833. The maximum atomic E-state index is 13.2. The molecule has 0 bridgehead atoms. The van der Waals surface area contributed by atoms with E-state index >= 15 is 0 Å². The Hall–Kier alpha value is -4.64. The summed E-state index contributed by atoms with van der Waals surface area (Å²) in [4.78, 5) is 125. The standard InChI is InChI=1S/C30H48N8O13S2/c1-3-14(2)24(37-20(39)10-32-26(46)17(9-23(43)44)35-25(45)15(31)12-52)29(49)33-11-21(40)38-8-4-5-19(38)28(48)34-16(6-7-22(41)42)27(47)36-18(13-53)30(50)51/h14-19,24,52-53H,3-13,31H2,1-2H3,(H,32,46)(H,33,49)(H,34,48)(H,35,45)(H,36,47)(H,37,39)(H,41,42)(H,43,44)(H,50,51)/t14-,15+,16-,17+,18+,19-,24-/m0/s1. The molecule has 0 aliphatic carbocycles. The lowest BCUT2D eigenvalue weighted by Crippen LogP contribution is -2.57. The van der Waals surface area contributed by atoms with Crippen LogP contribution in [-0.2, 0) is 47.9 Å². The smallest absolute Gasteiger partial charge is 0.327 e. The van der Waals surface area contributed by atoms with Gasteiger partial charge >= 0.3 is 17.9 Å². The second kappa shape index (κ2) is 23.1. The van der Waals surface area contributed by atoms with Gasteiger partial charge in [-0.2, -0.15) is 25.3 Å². The van der Waals surface area contributed by atoms with Crippen molar-refractivity contribution >= 4 is 84.5 Å². The number of carboxylic acids is 3. The van der Waals surface area contributed by atoms with Gasteiger partial charge in [0.2, 0.25) is 41.4 Å². The summed E-state index contributed by atoms with van der Waals surface area (Å²) in [5.41, 5.74) is 5.55. The minimum atomic E-state index is -1.56. The van der Waals surface area contributed by atoms with Crippen LogP contribution in [0.25, 0.3) is 0 Å². The van der Waals surface area contributed by atoms with Crippen molar-refractivity contribution in [2.24, 2.45) is 11.7 Å². The normalized spacial score (nSPS) is 17.1. The third-order valence-electron chi connectivity index (χ3n) is 8.15. The second-order valence-corrected chi connectivity index (χ2v) is 12.9. The number of nitrogens with zero attached hydrogens (tertiary/aromatic N) is 1. The fraction of sp³-hybridized carbons (Fsp3) is 0.667. The average Bonchev–Trinajstić information content (AvgIpc) is 3.61. The van der Waals surface area contributed by atoms with Crippen molar-refractivity contribution in [2.75, 3.05) is 31.1 Å². The summed E-state index contributed by atoms with van der Waals surface area (Å²) in [5.74, 6) is -10.8. The number of thiol groups is 2. The monoisotopic (exact) mass is 792 g/mol. The first-order valence-electron chi connectivity index (χ1n) is 16.6. The lowest BCUT2D eigenvalue weighted by atomic mass is 9.98. The third-order valence-corrected chi connectivity index (χ3v) is 8.91. The molecule has 0 radical (unpaired) electrons. The summed E-state index contributed by atoms with van der Waals surface area (Å²) in [6.45, 7) is 2.17. The molecule has 11 N–H and O–H groups in total. The van der Waals surface area contributed by atoms with E-state index in [1.54, 1.807) is 13.8 Å². The first-order valence-corrected chi connectivity index (χ1v) is 17.8. The molecule has 0 aromatic rings. The fourth-order valence-electron chi connectivity index (χ4n) is 4.94. The van der Waals surface area contributed by atoms with Crippen LogP contribution in [0.2, 0.25) is 0 Å². The quantitative estimate of drug-likeness (QED) is 0.0437. The van der Waals surface area contributed by atoms with Gasteiger partial charge in [0.1, 0.15) is 30.2 Å². The van der Waals surface area contributed by atoms with Gasteiger partial charge in [-0.1, -0.05) is 20.3 Å². The molecule has 0 saturated carbocycles. The molecule has 1 fully saturated rings. The predicted molar refractivity (Wildman–Crippen MR) is 190 cm³/mol. The molecule has 1 saturated heterocycles. The van der Waals surface area contributed by atoms with Crippen molar-refractivity contribution in [1.29, 1.82) is 0 Å². The molecule has 53 heavy (non-hydrogen) atoms. The van der Waals surface area contributed by atoms with Gasteiger partial charge in [0.25, 0.3) is 0 Å². The molecule has 0 aromatic heterocycles. The number of nitrogens with two attached hydrogens (primary N) is 1. The van der Waals surface area contributed by atoms with Crippen molar-refractivity contribution in [2.45, 2.75) is 88.6 Å². The molecular weight excluding hydrogens is 745 g/mol. The van der Waals surface area contributed by atoms with Crippen LogP contribution in [0.15, 0.2) is 0 Å². The van der Waals surface area contributed by atoms with Crippen LogP contribution < -0.4 is 37.6 Å². The maximum Gasteiger partial charge on any atom is 0.327 e. The van der Waals surface area contributed by atoms with Crippen LogP contribution in [0.1, 0.15) is 52.4 Å². The summed E-state index contributed by atoms with van der Waals surface area (Å²) in [6, 6.07) is -7.84. The largest absolute Gasteiger partial charge is 0.481 e. The van der Waals surface area contributed by atoms with Gasteiger partial charge in [0.15, 0.2) is 0 Å². The van der Waals surface area contributed by atoms with E-state index in [2.05, 4.69) is 57.2 Å². The average molecular weight is 793 g/mol.